The average Bonchev–Trinajstić information content (AvgIpc) is 2.47. The van der Waals surface area contributed by atoms with Gasteiger partial charge in [0.05, 0.1) is 15.7 Å². The van der Waals surface area contributed by atoms with Gasteiger partial charge in [0.25, 0.3) is 0 Å². The molecule has 0 radical (unpaired) electrons. The van der Waals surface area contributed by atoms with Gasteiger partial charge in [-0.1, -0.05) is 46.9 Å². The first-order chi connectivity index (χ1) is 10.4. The number of amides is 2. The summed E-state index contributed by atoms with van der Waals surface area (Å²) in [5.41, 5.74) is 7.40. The smallest absolute Gasteiger partial charge is 0.321 e. The number of carbonyl (C=O) groups excluding carboxylic acids is 1. The normalized spacial score (nSPS) is 10.4. The van der Waals surface area contributed by atoms with Crippen molar-refractivity contribution in [2.24, 2.45) is 0 Å². The van der Waals surface area contributed by atoms with Gasteiger partial charge in [0.15, 0.2) is 0 Å². The molecule has 0 atom stereocenters. The summed E-state index contributed by atoms with van der Waals surface area (Å²) in [5.74, 6) is 0. The summed E-state index contributed by atoms with van der Waals surface area (Å²) in [6.45, 7) is 0.444. The van der Waals surface area contributed by atoms with Gasteiger partial charge in [-0.3, -0.25) is 0 Å². The number of anilines is 2. The van der Waals surface area contributed by atoms with Crippen LogP contribution < -0.4 is 11.1 Å². The number of halogens is 3. The van der Waals surface area contributed by atoms with Gasteiger partial charge in [0.2, 0.25) is 0 Å². The molecule has 0 saturated carbocycles. The van der Waals surface area contributed by atoms with Crippen LogP contribution in [0.15, 0.2) is 36.4 Å². The van der Waals surface area contributed by atoms with Gasteiger partial charge >= 0.3 is 6.03 Å². The van der Waals surface area contributed by atoms with E-state index in [0.717, 1.165) is 5.56 Å². The van der Waals surface area contributed by atoms with Crippen molar-refractivity contribution in [3.63, 3.8) is 0 Å². The van der Waals surface area contributed by atoms with E-state index in [9.17, 15) is 4.79 Å². The van der Waals surface area contributed by atoms with E-state index in [0.29, 0.717) is 27.3 Å². The molecule has 116 valence electrons. The van der Waals surface area contributed by atoms with Crippen LogP contribution in [0, 0.1) is 0 Å². The average molecular weight is 359 g/mol. The van der Waals surface area contributed by atoms with Crippen LogP contribution in [0.1, 0.15) is 5.56 Å². The molecule has 7 heteroatoms. The first kappa shape index (κ1) is 16.7. The minimum Gasteiger partial charge on any atom is -0.396 e. The van der Waals surface area contributed by atoms with Gasteiger partial charge < -0.3 is 16.0 Å². The third-order valence-electron chi connectivity index (χ3n) is 3.01. The van der Waals surface area contributed by atoms with Gasteiger partial charge in [0, 0.05) is 24.3 Å². The number of benzene rings is 2. The van der Waals surface area contributed by atoms with Gasteiger partial charge in [-0.2, -0.15) is 0 Å². The molecular weight excluding hydrogens is 345 g/mol. The summed E-state index contributed by atoms with van der Waals surface area (Å²) >= 11 is 17.7. The van der Waals surface area contributed by atoms with Gasteiger partial charge in [-0.25, -0.2) is 4.79 Å². The third kappa shape index (κ3) is 4.19. The van der Waals surface area contributed by atoms with Crippen LogP contribution >= 0.6 is 34.8 Å². The lowest BCUT2D eigenvalue weighted by atomic mass is 10.2. The second kappa shape index (κ2) is 7.09. The van der Waals surface area contributed by atoms with Crippen molar-refractivity contribution >= 4 is 52.2 Å². The second-order valence-corrected chi connectivity index (χ2v) is 6.02. The van der Waals surface area contributed by atoms with Crippen LogP contribution in [0.2, 0.25) is 15.1 Å². The van der Waals surface area contributed by atoms with Crippen LogP contribution in [0.5, 0.6) is 0 Å². The Kier molecular flexibility index (Phi) is 5.40. The highest BCUT2D eigenvalue weighted by molar-refractivity contribution is 6.39. The Morgan fingerprint density at radius 2 is 1.68 bits per heavy atom. The van der Waals surface area contributed by atoms with E-state index in [1.54, 1.807) is 31.3 Å². The molecule has 2 amide bonds. The highest BCUT2D eigenvalue weighted by Crippen LogP contribution is 2.31. The van der Waals surface area contributed by atoms with Crippen molar-refractivity contribution in [2.45, 2.75) is 6.54 Å². The Morgan fingerprint density at radius 3 is 2.23 bits per heavy atom. The van der Waals surface area contributed by atoms with Gasteiger partial charge in [-0.05, 0) is 29.8 Å². The highest BCUT2D eigenvalue weighted by Gasteiger charge is 2.12. The zero-order valence-corrected chi connectivity index (χ0v) is 14.0. The Bertz CT molecular complexity index is 666. The maximum atomic E-state index is 12.2. The fraction of sp³-hybridized carbons (Fsp3) is 0.133. The molecule has 2 rings (SSSR count). The Morgan fingerprint density at radius 1 is 1.14 bits per heavy atom. The number of nitrogen functional groups attached to an aromatic ring is 1. The highest BCUT2D eigenvalue weighted by atomic mass is 35.5. The molecule has 2 aromatic carbocycles. The lowest BCUT2D eigenvalue weighted by molar-refractivity contribution is 0.220. The number of nitrogens with one attached hydrogen (secondary N) is 1. The van der Waals surface area contributed by atoms with E-state index >= 15 is 0 Å². The van der Waals surface area contributed by atoms with Crippen molar-refractivity contribution in [2.75, 3.05) is 18.1 Å². The predicted molar refractivity (Wildman–Crippen MR) is 92.8 cm³/mol. The summed E-state index contributed by atoms with van der Waals surface area (Å²) in [6.07, 6.45) is 0. The molecule has 2 aromatic rings. The molecule has 22 heavy (non-hydrogen) atoms. The van der Waals surface area contributed by atoms with Crippen molar-refractivity contribution in [3.05, 3.63) is 57.0 Å². The van der Waals surface area contributed by atoms with E-state index in [2.05, 4.69) is 5.32 Å². The molecule has 0 spiro atoms. The number of hydrogen-bond acceptors (Lipinski definition) is 2. The number of nitrogens with two attached hydrogens (primary N) is 1. The van der Waals surface area contributed by atoms with E-state index in [1.165, 1.54) is 4.90 Å². The maximum Gasteiger partial charge on any atom is 0.321 e. The largest absolute Gasteiger partial charge is 0.396 e. The van der Waals surface area contributed by atoms with Crippen LogP contribution in [-0.2, 0) is 6.54 Å². The zero-order chi connectivity index (χ0) is 16.3. The van der Waals surface area contributed by atoms with Gasteiger partial charge in [-0.15, -0.1) is 0 Å². The lowest BCUT2D eigenvalue weighted by Crippen LogP contribution is -2.30. The van der Waals surface area contributed by atoms with Crippen molar-refractivity contribution in [1.82, 2.24) is 4.90 Å². The molecule has 4 nitrogen and oxygen atoms in total. The fourth-order valence-corrected chi connectivity index (χ4v) is 2.42. The summed E-state index contributed by atoms with van der Waals surface area (Å²) in [4.78, 5) is 13.7. The summed E-state index contributed by atoms with van der Waals surface area (Å²) in [6, 6.07) is 10.1. The molecule has 0 unspecified atom stereocenters. The topological polar surface area (TPSA) is 58.4 Å². The monoisotopic (exact) mass is 357 g/mol. The molecule has 0 aliphatic heterocycles. The Labute approximate surface area is 143 Å². The number of urea groups is 1. The molecular formula is C15H14Cl3N3O. The van der Waals surface area contributed by atoms with Crippen LogP contribution in [0.25, 0.3) is 0 Å². The van der Waals surface area contributed by atoms with Crippen LogP contribution in [-0.4, -0.2) is 18.0 Å². The minimum atomic E-state index is -0.285. The zero-order valence-electron chi connectivity index (χ0n) is 11.7. The van der Waals surface area contributed by atoms with Gasteiger partial charge in [0.1, 0.15) is 0 Å². The quantitative estimate of drug-likeness (QED) is 0.767. The maximum absolute atomic E-state index is 12.2. The van der Waals surface area contributed by atoms with E-state index < -0.39 is 0 Å². The molecule has 0 saturated heterocycles. The molecule has 0 aliphatic rings. The van der Waals surface area contributed by atoms with Crippen LogP contribution in [0.3, 0.4) is 0 Å². The van der Waals surface area contributed by atoms with E-state index in [1.807, 2.05) is 12.1 Å². The molecule has 0 aliphatic carbocycles. The molecule has 0 heterocycles. The first-order valence-electron chi connectivity index (χ1n) is 6.38. The third-order valence-corrected chi connectivity index (χ3v) is 3.89. The van der Waals surface area contributed by atoms with Crippen LogP contribution in [0.4, 0.5) is 16.2 Å². The molecule has 0 aromatic heterocycles. The summed E-state index contributed by atoms with van der Waals surface area (Å²) in [5, 5.41) is 3.96. The fourth-order valence-electron chi connectivity index (χ4n) is 1.81. The first-order valence-corrected chi connectivity index (χ1v) is 7.51. The number of nitrogens with zero attached hydrogens (tertiary/aromatic N) is 1. The molecule has 0 bridgehead atoms. The Hall–Kier alpha value is -1.62. The SMILES string of the molecule is CN(Cc1ccc(Cl)cc1)C(=O)Nc1cc(Cl)c(N)c(Cl)c1. The van der Waals surface area contributed by atoms with E-state index in [4.69, 9.17) is 40.5 Å². The van der Waals surface area contributed by atoms with Crippen molar-refractivity contribution < 1.29 is 4.79 Å². The number of carbonyl (C=O) groups is 1. The lowest BCUT2D eigenvalue weighted by Gasteiger charge is -2.18. The van der Waals surface area contributed by atoms with Crippen molar-refractivity contribution in [1.29, 1.82) is 0 Å². The van der Waals surface area contributed by atoms with Crippen molar-refractivity contribution in [3.8, 4) is 0 Å². The molecule has 0 fully saturated rings. The minimum absolute atomic E-state index is 0.285. The summed E-state index contributed by atoms with van der Waals surface area (Å²) < 4.78 is 0. The number of rotatable bonds is 3. The standard InChI is InChI=1S/C15H14Cl3N3O/c1-21(8-9-2-4-10(16)5-3-9)15(22)20-11-6-12(17)14(19)13(18)7-11/h2-7H,8,19H2,1H3,(H,20,22). The summed E-state index contributed by atoms with van der Waals surface area (Å²) in [7, 11) is 1.68. The van der Waals surface area contributed by atoms with E-state index in [-0.39, 0.29) is 11.7 Å². The second-order valence-electron chi connectivity index (χ2n) is 4.77. The Balaban J connectivity index is 2.03. The number of hydrogen-bond donors (Lipinski definition) is 2. The predicted octanol–water partition coefficient (Wildman–Crippen LogP) is 4.89. The molecule has 3 N–H and O–H groups in total.